The summed E-state index contributed by atoms with van der Waals surface area (Å²) in [6.07, 6.45) is -0.361. The van der Waals surface area contributed by atoms with Crippen LogP contribution >= 0.6 is 22.6 Å². The van der Waals surface area contributed by atoms with Gasteiger partial charge < -0.3 is 52.3 Å². The predicted molar refractivity (Wildman–Crippen MR) is 155 cm³/mol. The van der Waals surface area contributed by atoms with Gasteiger partial charge >= 0.3 is 6.09 Å². The molecule has 0 atom stereocenters. The molecule has 234 valence electrons. The van der Waals surface area contributed by atoms with Gasteiger partial charge in [-0.3, -0.25) is 0 Å². The van der Waals surface area contributed by atoms with Crippen molar-refractivity contribution in [1.29, 1.82) is 0 Å². The first-order valence-electron chi connectivity index (χ1n) is 13.6. The Balaban J connectivity index is 3.16. The van der Waals surface area contributed by atoms with Crippen molar-refractivity contribution in [1.82, 2.24) is 4.90 Å². The number of carbonyl (C=O) groups is 1. The van der Waals surface area contributed by atoms with Crippen LogP contribution in [-0.2, 0) is 47.4 Å². The molecule has 0 aliphatic carbocycles. The molecule has 0 fully saturated rings. The average molecular weight is 682 g/mol. The SMILES string of the molecule is CN(CCOCCOCCOCCOCCOCCOCCOCCOCCOCCI)C(=O)OC(C)(C)C. The van der Waals surface area contributed by atoms with Crippen LogP contribution in [0.2, 0.25) is 0 Å². The monoisotopic (exact) mass is 681 g/mol. The van der Waals surface area contributed by atoms with E-state index in [2.05, 4.69) is 22.6 Å². The second-order valence-electron chi connectivity index (χ2n) is 9.10. The Kier molecular flexibility index (Phi) is 28.9. The van der Waals surface area contributed by atoms with Gasteiger partial charge in [0.05, 0.1) is 119 Å². The minimum Gasteiger partial charge on any atom is -0.444 e. The summed E-state index contributed by atoms with van der Waals surface area (Å²) in [6.45, 7) is 15.5. The van der Waals surface area contributed by atoms with Crippen molar-refractivity contribution in [2.45, 2.75) is 26.4 Å². The van der Waals surface area contributed by atoms with Crippen LogP contribution in [0.25, 0.3) is 0 Å². The minimum atomic E-state index is -0.504. The minimum absolute atomic E-state index is 0.361. The summed E-state index contributed by atoms with van der Waals surface area (Å²) in [5.74, 6) is 0. The molecule has 0 saturated heterocycles. The molecule has 39 heavy (non-hydrogen) atoms. The summed E-state index contributed by atoms with van der Waals surface area (Å²) in [5, 5.41) is 0. The lowest BCUT2D eigenvalue weighted by atomic mass is 10.2. The van der Waals surface area contributed by atoms with Gasteiger partial charge in [-0.1, -0.05) is 22.6 Å². The normalized spacial score (nSPS) is 11.7. The maximum atomic E-state index is 11.8. The maximum absolute atomic E-state index is 11.8. The number of carbonyl (C=O) groups excluding carboxylic acids is 1. The molecular weight excluding hydrogens is 629 g/mol. The van der Waals surface area contributed by atoms with Gasteiger partial charge in [-0.15, -0.1) is 0 Å². The Bertz CT molecular complexity index is 527. The van der Waals surface area contributed by atoms with Gasteiger partial charge in [-0.25, -0.2) is 4.79 Å². The van der Waals surface area contributed by atoms with E-state index >= 15 is 0 Å². The van der Waals surface area contributed by atoms with Crippen LogP contribution in [0.4, 0.5) is 4.79 Å². The standard InChI is InChI=1S/C26H52INO11/c1-26(2,3)39-25(29)28(4)6-8-31-10-12-33-14-16-35-18-20-37-22-24-38-23-21-36-19-17-34-15-13-32-11-9-30-7-5-27/h5-24H2,1-4H3. The number of hydrogen-bond acceptors (Lipinski definition) is 11. The fourth-order valence-electron chi connectivity index (χ4n) is 2.55. The zero-order valence-corrected chi connectivity index (χ0v) is 26.6. The lowest BCUT2D eigenvalue weighted by Crippen LogP contribution is -2.36. The third-order valence-electron chi connectivity index (χ3n) is 4.47. The summed E-state index contributed by atoms with van der Waals surface area (Å²) >= 11 is 2.27. The largest absolute Gasteiger partial charge is 0.444 e. The Labute approximate surface area is 248 Å². The van der Waals surface area contributed by atoms with Gasteiger partial charge in [0.15, 0.2) is 0 Å². The molecule has 1 amide bonds. The van der Waals surface area contributed by atoms with Gasteiger partial charge in [-0.2, -0.15) is 0 Å². The van der Waals surface area contributed by atoms with E-state index in [1.807, 2.05) is 20.8 Å². The van der Waals surface area contributed by atoms with Crippen LogP contribution in [-0.4, -0.2) is 154 Å². The van der Waals surface area contributed by atoms with Crippen LogP contribution in [0.1, 0.15) is 20.8 Å². The molecule has 0 aromatic rings. The van der Waals surface area contributed by atoms with Crippen LogP contribution in [0, 0.1) is 0 Å². The number of halogens is 1. The highest BCUT2D eigenvalue weighted by Gasteiger charge is 2.19. The fourth-order valence-corrected chi connectivity index (χ4v) is 2.86. The van der Waals surface area contributed by atoms with Gasteiger partial charge in [0.1, 0.15) is 5.60 Å². The van der Waals surface area contributed by atoms with Crippen LogP contribution in [0.3, 0.4) is 0 Å². The summed E-state index contributed by atoms with van der Waals surface area (Å²) in [6, 6.07) is 0. The van der Waals surface area contributed by atoms with Crippen molar-refractivity contribution < 1.29 is 52.2 Å². The van der Waals surface area contributed by atoms with Gasteiger partial charge in [0.2, 0.25) is 0 Å². The van der Waals surface area contributed by atoms with E-state index in [9.17, 15) is 4.79 Å². The average Bonchev–Trinajstić information content (AvgIpc) is 2.89. The molecule has 13 heteroatoms. The summed E-state index contributed by atoms with van der Waals surface area (Å²) in [7, 11) is 1.68. The first-order chi connectivity index (χ1) is 18.9. The van der Waals surface area contributed by atoms with Crippen molar-refractivity contribution in [2.75, 3.05) is 137 Å². The molecule has 0 bridgehead atoms. The summed E-state index contributed by atoms with van der Waals surface area (Å²) < 4.78 is 55.1. The van der Waals surface area contributed by atoms with Crippen molar-refractivity contribution in [3.8, 4) is 0 Å². The smallest absolute Gasteiger partial charge is 0.410 e. The molecule has 0 heterocycles. The maximum Gasteiger partial charge on any atom is 0.410 e. The van der Waals surface area contributed by atoms with E-state index in [0.29, 0.717) is 119 Å². The lowest BCUT2D eigenvalue weighted by molar-refractivity contribution is -0.0251. The van der Waals surface area contributed by atoms with Crippen LogP contribution in [0.15, 0.2) is 0 Å². The van der Waals surface area contributed by atoms with Crippen molar-refractivity contribution >= 4 is 28.7 Å². The van der Waals surface area contributed by atoms with E-state index in [4.69, 9.17) is 47.4 Å². The fraction of sp³-hybridized carbons (Fsp3) is 0.962. The van der Waals surface area contributed by atoms with Gasteiger partial charge in [-0.05, 0) is 20.8 Å². The molecule has 0 rings (SSSR count). The number of nitrogens with zero attached hydrogens (tertiary/aromatic N) is 1. The molecule has 0 spiro atoms. The number of rotatable bonds is 29. The summed E-state index contributed by atoms with van der Waals surface area (Å²) in [5.41, 5.74) is -0.504. The number of amides is 1. The first kappa shape index (κ1) is 38.6. The Morgan fingerprint density at radius 3 is 1.03 bits per heavy atom. The Morgan fingerprint density at radius 2 is 0.769 bits per heavy atom. The Morgan fingerprint density at radius 1 is 0.513 bits per heavy atom. The van der Waals surface area contributed by atoms with Crippen molar-refractivity contribution in [3.05, 3.63) is 0 Å². The highest BCUT2D eigenvalue weighted by Crippen LogP contribution is 2.08. The van der Waals surface area contributed by atoms with Gasteiger partial charge in [0, 0.05) is 18.0 Å². The van der Waals surface area contributed by atoms with Crippen molar-refractivity contribution in [2.24, 2.45) is 0 Å². The second kappa shape index (κ2) is 29.1. The lowest BCUT2D eigenvalue weighted by Gasteiger charge is -2.24. The molecule has 0 aromatic carbocycles. The molecule has 0 saturated carbocycles. The van der Waals surface area contributed by atoms with E-state index < -0.39 is 5.60 Å². The third kappa shape index (κ3) is 32.0. The number of likely N-dealkylation sites (N-methyl/N-ethyl adjacent to an activating group) is 1. The zero-order chi connectivity index (χ0) is 28.9. The third-order valence-corrected chi connectivity index (χ3v) is 4.91. The van der Waals surface area contributed by atoms with Crippen LogP contribution < -0.4 is 0 Å². The van der Waals surface area contributed by atoms with Crippen LogP contribution in [0.5, 0.6) is 0 Å². The van der Waals surface area contributed by atoms with E-state index in [1.165, 1.54) is 4.90 Å². The molecule has 0 radical (unpaired) electrons. The number of ether oxygens (including phenoxy) is 10. The van der Waals surface area contributed by atoms with Crippen molar-refractivity contribution in [3.63, 3.8) is 0 Å². The Hall–Kier alpha value is -0.360. The quantitative estimate of drug-likeness (QED) is 0.0660. The summed E-state index contributed by atoms with van der Waals surface area (Å²) in [4.78, 5) is 13.3. The molecular formula is C26H52INO11. The molecule has 12 nitrogen and oxygen atoms in total. The highest BCUT2D eigenvalue weighted by molar-refractivity contribution is 14.1. The molecule has 0 aliphatic rings. The number of hydrogen-bond donors (Lipinski definition) is 0. The molecule has 0 unspecified atom stereocenters. The zero-order valence-electron chi connectivity index (χ0n) is 24.5. The van der Waals surface area contributed by atoms with Gasteiger partial charge in [0.25, 0.3) is 0 Å². The predicted octanol–water partition coefficient (Wildman–Crippen LogP) is 2.44. The number of alkyl halides is 1. The highest BCUT2D eigenvalue weighted by atomic mass is 127. The second-order valence-corrected chi connectivity index (χ2v) is 10.2. The van der Waals surface area contributed by atoms with E-state index in [0.717, 1.165) is 11.0 Å². The van der Waals surface area contributed by atoms with E-state index in [1.54, 1.807) is 7.05 Å². The molecule has 0 aliphatic heterocycles. The topological polar surface area (TPSA) is 113 Å². The first-order valence-corrected chi connectivity index (χ1v) is 15.1. The molecule has 0 N–H and O–H groups in total. The van der Waals surface area contributed by atoms with E-state index in [-0.39, 0.29) is 6.09 Å². The molecule has 0 aromatic heterocycles.